The van der Waals surface area contributed by atoms with Crippen molar-refractivity contribution in [1.29, 1.82) is 0 Å². The van der Waals surface area contributed by atoms with Gasteiger partial charge in [0.25, 0.3) is 0 Å². The largest absolute Gasteiger partial charge is 0.490 e. The van der Waals surface area contributed by atoms with Crippen LogP contribution in [0.25, 0.3) is 6.08 Å². The van der Waals surface area contributed by atoms with Gasteiger partial charge in [-0.15, -0.1) is 0 Å². The number of amides is 1. The number of carbonyl (C=O) groups is 2. The summed E-state index contributed by atoms with van der Waals surface area (Å²) in [7, 11) is 2.44. The Hall–Kier alpha value is -3.10. The van der Waals surface area contributed by atoms with Crippen LogP contribution < -0.4 is 10.1 Å². The summed E-state index contributed by atoms with van der Waals surface area (Å²) in [6.45, 7) is 5.03. The van der Waals surface area contributed by atoms with Crippen molar-refractivity contribution in [2.45, 2.75) is 26.4 Å². The van der Waals surface area contributed by atoms with Gasteiger partial charge in [0.2, 0.25) is 0 Å². The Balaban J connectivity index is 3.17. The normalized spacial score (nSPS) is 11.5. The minimum Gasteiger partial charge on any atom is -0.490 e. The van der Waals surface area contributed by atoms with Gasteiger partial charge >= 0.3 is 17.7 Å². The van der Waals surface area contributed by atoms with Crippen LogP contribution in [0.5, 0.6) is 5.75 Å². The first-order valence-electron chi connectivity index (χ1n) is 7.20. The van der Waals surface area contributed by atoms with Crippen molar-refractivity contribution >= 4 is 23.8 Å². The van der Waals surface area contributed by atoms with Crippen LogP contribution in [0.1, 0.15) is 26.3 Å². The summed E-state index contributed by atoms with van der Waals surface area (Å²) in [6, 6.07) is 3.99. The fraction of sp³-hybridized carbons (Fsp3) is 0.375. The van der Waals surface area contributed by atoms with Crippen molar-refractivity contribution in [3.63, 3.8) is 0 Å². The highest BCUT2D eigenvalue weighted by atomic mass is 16.6. The van der Waals surface area contributed by atoms with Crippen LogP contribution in [0.2, 0.25) is 0 Å². The lowest BCUT2D eigenvalue weighted by molar-refractivity contribution is -0.385. The smallest absolute Gasteiger partial charge is 0.412 e. The molecule has 0 aromatic heterocycles. The summed E-state index contributed by atoms with van der Waals surface area (Å²) >= 11 is 0. The molecule has 9 heteroatoms. The number of ether oxygens (including phenoxy) is 3. The third-order valence-electron chi connectivity index (χ3n) is 2.75. The van der Waals surface area contributed by atoms with E-state index in [1.54, 1.807) is 20.8 Å². The van der Waals surface area contributed by atoms with Gasteiger partial charge in [-0.1, -0.05) is 0 Å². The highest BCUT2D eigenvalue weighted by Crippen LogP contribution is 2.28. The van der Waals surface area contributed by atoms with Gasteiger partial charge < -0.3 is 14.2 Å². The molecule has 1 aromatic carbocycles. The number of esters is 1. The van der Waals surface area contributed by atoms with Gasteiger partial charge in [0.05, 0.1) is 19.1 Å². The lowest BCUT2D eigenvalue weighted by Gasteiger charge is -2.20. The molecule has 9 nitrogen and oxygen atoms in total. The maximum absolute atomic E-state index is 11.9. The molecule has 0 spiro atoms. The van der Waals surface area contributed by atoms with E-state index in [-0.39, 0.29) is 17.1 Å². The van der Waals surface area contributed by atoms with Crippen LogP contribution in [-0.2, 0) is 14.3 Å². The molecule has 1 amide bonds. The quantitative estimate of drug-likeness (QED) is 0.374. The fourth-order valence-corrected chi connectivity index (χ4v) is 1.77. The van der Waals surface area contributed by atoms with Crippen molar-refractivity contribution in [1.82, 2.24) is 5.32 Å². The highest BCUT2D eigenvalue weighted by Gasteiger charge is 2.21. The Bertz CT molecular complexity index is 705. The maximum Gasteiger partial charge on any atom is 0.412 e. The van der Waals surface area contributed by atoms with Gasteiger partial charge in [0, 0.05) is 6.07 Å². The molecule has 1 rings (SSSR count). The zero-order valence-electron chi connectivity index (χ0n) is 14.6. The van der Waals surface area contributed by atoms with E-state index >= 15 is 0 Å². The summed E-state index contributed by atoms with van der Waals surface area (Å²) in [5.41, 5.74) is -0.770. The SMILES string of the molecule is COC(=O)/C(=C/c1ccc([N+](=O)[O-])c(OC)c1)NC(=O)OC(C)(C)C. The molecule has 0 fully saturated rings. The third kappa shape index (κ3) is 6.13. The Kier molecular flexibility index (Phi) is 6.49. The molecule has 0 bridgehead atoms. The van der Waals surface area contributed by atoms with Crippen LogP contribution in [0, 0.1) is 10.1 Å². The Labute approximate surface area is 144 Å². The zero-order chi connectivity index (χ0) is 19.2. The number of hydrogen-bond acceptors (Lipinski definition) is 7. The number of carbonyl (C=O) groups excluding carboxylic acids is 2. The van der Waals surface area contributed by atoms with Gasteiger partial charge in [-0.25, -0.2) is 9.59 Å². The lowest BCUT2D eigenvalue weighted by Crippen LogP contribution is -2.34. The van der Waals surface area contributed by atoms with Crippen LogP contribution in [0.15, 0.2) is 23.9 Å². The van der Waals surface area contributed by atoms with E-state index in [1.807, 2.05) is 0 Å². The van der Waals surface area contributed by atoms with E-state index in [9.17, 15) is 19.7 Å². The summed E-state index contributed by atoms with van der Waals surface area (Å²) in [5, 5.41) is 13.2. The first-order chi connectivity index (χ1) is 11.6. The Morgan fingerprint density at radius 2 is 1.88 bits per heavy atom. The van der Waals surface area contributed by atoms with E-state index < -0.39 is 22.6 Å². The van der Waals surface area contributed by atoms with Crippen molar-refractivity contribution in [2.75, 3.05) is 14.2 Å². The van der Waals surface area contributed by atoms with Gasteiger partial charge in [-0.05, 0) is 44.5 Å². The minimum absolute atomic E-state index is 0.0141. The molecule has 0 atom stereocenters. The van der Waals surface area contributed by atoms with Crippen LogP contribution >= 0.6 is 0 Å². The van der Waals surface area contributed by atoms with E-state index in [4.69, 9.17) is 9.47 Å². The molecule has 0 saturated carbocycles. The topological polar surface area (TPSA) is 117 Å². The van der Waals surface area contributed by atoms with E-state index in [2.05, 4.69) is 10.1 Å². The third-order valence-corrected chi connectivity index (χ3v) is 2.75. The number of nitrogens with one attached hydrogen (secondary N) is 1. The molecule has 0 aliphatic carbocycles. The molecule has 25 heavy (non-hydrogen) atoms. The number of rotatable bonds is 5. The average molecular weight is 352 g/mol. The molecule has 0 aliphatic rings. The summed E-state index contributed by atoms with van der Waals surface area (Å²) in [6.07, 6.45) is 0.458. The molecule has 0 saturated heterocycles. The van der Waals surface area contributed by atoms with E-state index in [0.717, 1.165) is 7.11 Å². The minimum atomic E-state index is -0.835. The number of alkyl carbamates (subject to hydrolysis) is 1. The summed E-state index contributed by atoms with van der Waals surface area (Å²) in [5.74, 6) is -0.789. The number of methoxy groups -OCH3 is 2. The van der Waals surface area contributed by atoms with Crippen molar-refractivity contribution in [3.05, 3.63) is 39.6 Å². The first kappa shape index (κ1) is 19.9. The van der Waals surface area contributed by atoms with Gasteiger partial charge in [0.15, 0.2) is 5.75 Å². The molecule has 1 aromatic rings. The molecule has 0 radical (unpaired) electrons. The number of nitrogens with zero attached hydrogens (tertiary/aromatic N) is 1. The van der Waals surface area contributed by atoms with Crippen molar-refractivity contribution in [3.8, 4) is 5.75 Å². The molecule has 0 aliphatic heterocycles. The highest BCUT2D eigenvalue weighted by molar-refractivity contribution is 5.96. The summed E-state index contributed by atoms with van der Waals surface area (Å²) in [4.78, 5) is 34.0. The van der Waals surface area contributed by atoms with Gasteiger partial charge in [-0.2, -0.15) is 0 Å². The summed E-state index contributed by atoms with van der Waals surface area (Å²) < 4.78 is 14.7. The van der Waals surface area contributed by atoms with Crippen LogP contribution in [0.4, 0.5) is 10.5 Å². The van der Waals surface area contributed by atoms with Gasteiger partial charge in [0.1, 0.15) is 11.3 Å². The molecular formula is C16H20N2O7. The molecule has 1 N–H and O–H groups in total. The van der Waals surface area contributed by atoms with Crippen LogP contribution in [-0.4, -0.2) is 36.8 Å². The second-order valence-corrected chi connectivity index (χ2v) is 5.86. The number of benzene rings is 1. The predicted octanol–water partition coefficient (Wildman–Crippen LogP) is 2.64. The average Bonchev–Trinajstić information content (AvgIpc) is 2.51. The van der Waals surface area contributed by atoms with Crippen molar-refractivity contribution < 1.29 is 28.7 Å². The Morgan fingerprint density at radius 3 is 2.36 bits per heavy atom. The van der Waals surface area contributed by atoms with Crippen LogP contribution in [0.3, 0.4) is 0 Å². The fourth-order valence-electron chi connectivity index (χ4n) is 1.77. The van der Waals surface area contributed by atoms with E-state index in [0.29, 0.717) is 5.56 Å². The number of nitro benzene ring substituents is 1. The predicted molar refractivity (Wildman–Crippen MR) is 89.0 cm³/mol. The molecule has 136 valence electrons. The number of nitro groups is 1. The maximum atomic E-state index is 11.9. The standard InChI is InChI=1S/C16H20N2O7/c1-16(2,3)25-15(20)17-11(14(19)24-5)8-10-6-7-12(18(21)22)13(9-10)23-4/h6-9H,1-5H3,(H,17,20)/b11-8-. The number of hydrogen-bond donors (Lipinski definition) is 1. The van der Waals surface area contributed by atoms with Gasteiger partial charge in [-0.3, -0.25) is 15.4 Å². The monoisotopic (exact) mass is 352 g/mol. The lowest BCUT2D eigenvalue weighted by atomic mass is 10.1. The second kappa shape index (κ2) is 8.13. The second-order valence-electron chi connectivity index (χ2n) is 5.86. The van der Waals surface area contributed by atoms with Crippen molar-refractivity contribution in [2.24, 2.45) is 0 Å². The Morgan fingerprint density at radius 1 is 1.24 bits per heavy atom. The molecule has 0 heterocycles. The van der Waals surface area contributed by atoms with E-state index in [1.165, 1.54) is 31.4 Å². The molecular weight excluding hydrogens is 332 g/mol. The molecule has 0 unspecified atom stereocenters. The zero-order valence-corrected chi connectivity index (χ0v) is 14.6. The first-order valence-corrected chi connectivity index (χ1v) is 7.20.